The first-order chi connectivity index (χ1) is 12.3. The largest absolute Gasteiger partial charge is 0.497 e. The molecule has 0 fully saturated rings. The number of ether oxygens (including phenoxy) is 1. The fourth-order valence-corrected chi connectivity index (χ4v) is 2.66. The highest BCUT2D eigenvalue weighted by atomic mass is 16.5. The highest BCUT2D eigenvalue weighted by Gasteiger charge is 2.15. The zero-order chi connectivity index (χ0) is 17.2. The van der Waals surface area contributed by atoms with Crippen molar-refractivity contribution in [3.63, 3.8) is 0 Å². The molecule has 0 atom stereocenters. The van der Waals surface area contributed by atoms with Crippen LogP contribution in [0.4, 0.5) is 5.82 Å². The molecule has 3 aliphatic heterocycles. The van der Waals surface area contributed by atoms with Crippen molar-refractivity contribution in [3.05, 3.63) is 54.9 Å². The Hall–Kier alpha value is -3.48. The Morgan fingerprint density at radius 3 is 2.52 bits per heavy atom. The van der Waals surface area contributed by atoms with E-state index in [0.717, 1.165) is 34.1 Å². The van der Waals surface area contributed by atoms with Crippen LogP contribution in [0.1, 0.15) is 0 Å². The smallest absolute Gasteiger partial charge is 0.182 e. The number of anilines is 1. The van der Waals surface area contributed by atoms with Gasteiger partial charge in [0.2, 0.25) is 0 Å². The number of fused-ring (bicyclic) bond motifs is 1. The molecule has 2 N–H and O–H groups in total. The van der Waals surface area contributed by atoms with E-state index in [1.165, 1.54) is 5.52 Å². The second-order valence-electron chi connectivity index (χ2n) is 5.41. The number of aromatic amines is 1. The third-order valence-corrected chi connectivity index (χ3v) is 3.99. The average molecular weight is 335 g/mol. The molecule has 0 unspecified atom stereocenters. The van der Waals surface area contributed by atoms with E-state index >= 15 is 0 Å². The highest BCUT2D eigenvalue weighted by Crippen LogP contribution is 2.28. The molecule has 25 heavy (non-hydrogen) atoms. The van der Waals surface area contributed by atoms with Gasteiger partial charge in [0.25, 0.3) is 0 Å². The lowest BCUT2D eigenvalue weighted by atomic mass is 10.1. The quantitative estimate of drug-likeness (QED) is 0.526. The van der Waals surface area contributed by atoms with Crippen molar-refractivity contribution in [2.24, 2.45) is 0 Å². The Balaban J connectivity index is 0.000000144. The second-order valence-corrected chi connectivity index (χ2v) is 5.41. The van der Waals surface area contributed by atoms with Crippen LogP contribution < -0.4 is 10.1 Å². The van der Waals surface area contributed by atoms with Gasteiger partial charge in [0.05, 0.1) is 12.6 Å². The molecule has 2 aromatic carbocycles. The molecule has 4 bridgehead atoms. The third kappa shape index (κ3) is 2.65. The van der Waals surface area contributed by atoms with E-state index in [1.54, 1.807) is 19.5 Å². The zero-order valence-corrected chi connectivity index (χ0v) is 13.9. The summed E-state index contributed by atoms with van der Waals surface area (Å²) >= 11 is 0. The maximum atomic E-state index is 5.11. The highest BCUT2D eigenvalue weighted by molar-refractivity contribution is 5.78. The van der Waals surface area contributed by atoms with Gasteiger partial charge >= 0.3 is 0 Å². The van der Waals surface area contributed by atoms with Gasteiger partial charge in [-0.1, -0.05) is 0 Å². The van der Waals surface area contributed by atoms with Gasteiger partial charge in [-0.15, -0.1) is 0 Å². The second kappa shape index (κ2) is 6.20. The van der Waals surface area contributed by atoms with Gasteiger partial charge in [0.1, 0.15) is 17.1 Å². The van der Waals surface area contributed by atoms with Crippen molar-refractivity contribution in [1.82, 2.24) is 19.9 Å². The molecule has 7 heteroatoms. The Bertz CT molecular complexity index is 1020. The zero-order valence-electron chi connectivity index (χ0n) is 13.9. The van der Waals surface area contributed by atoms with Crippen molar-refractivity contribution in [2.45, 2.75) is 0 Å². The summed E-state index contributed by atoms with van der Waals surface area (Å²) in [7, 11) is 3.48. The monoisotopic (exact) mass is 335 g/mol. The van der Waals surface area contributed by atoms with Gasteiger partial charge in [-0.3, -0.25) is 4.98 Å². The molecule has 1 aromatic heterocycles. The molecular weight excluding hydrogens is 318 g/mol. The number of hydrogen-bond donors (Lipinski definition) is 2. The Morgan fingerprint density at radius 2 is 1.88 bits per heavy atom. The average Bonchev–Trinajstić information content (AvgIpc) is 2.90. The maximum absolute atomic E-state index is 5.11. The summed E-state index contributed by atoms with van der Waals surface area (Å²) in [5.74, 6) is 1.60. The van der Waals surface area contributed by atoms with E-state index in [0.29, 0.717) is 0 Å². The van der Waals surface area contributed by atoms with E-state index in [9.17, 15) is 0 Å². The lowest BCUT2D eigenvalue weighted by Gasteiger charge is -2.08. The summed E-state index contributed by atoms with van der Waals surface area (Å²) in [5, 5.41) is 5.76. The third-order valence-electron chi connectivity index (χ3n) is 3.99. The predicted molar refractivity (Wildman–Crippen MR) is 95.8 cm³/mol. The molecular formula is C18H17N5O2. The lowest BCUT2D eigenvalue weighted by Crippen LogP contribution is -2.02. The minimum absolute atomic E-state index is 0.771. The molecule has 0 spiro atoms. The van der Waals surface area contributed by atoms with E-state index in [4.69, 9.17) is 9.26 Å². The van der Waals surface area contributed by atoms with Crippen LogP contribution in [0.15, 0.2) is 59.4 Å². The standard InChI is InChI=1S/C12H13N3O.C6H4N2O/c1-13-12-11(14-7-8-15-12)9-3-5-10(16-2)6-4-9;1-2-6-5-3-4(1)8(5)7-9-6/h3-8H,1-2H3,(H,13,15);1-3,7H. The summed E-state index contributed by atoms with van der Waals surface area (Å²) in [6, 6.07) is 13.8. The number of nitrogens with one attached hydrogen (secondary N) is 2. The van der Waals surface area contributed by atoms with Crippen LogP contribution >= 0.6 is 0 Å². The molecule has 6 rings (SSSR count). The number of benzene rings is 2. The molecule has 0 saturated carbocycles. The van der Waals surface area contributed by atoms with Crippen molar-refractivity contribution in [2.75, 3.05) is 19.5 Å². The van der Waals surface area contributed by atoms with Gasteiger partial charge in [0.15, 0.2) is 11.4 Å². The van der Waals surface area contributed by atoms with E-state index in [-0.39, 0.29) is 0 Å². The van der Waals surface area contributed by atoms with Crippen LogP contribution in [0.25, 0.3) is 28.0 Å². The number of pyridine rings is 1. The van der Waals surface area contributed by atoms with Crippen LogP contribution in [0.5, 0.6) is 5.75 Å². The van der Waals surface area contributed by atoms with Crippen LogP contribution in [0.2, 0.25) is 0 Å². The summed E-state index contributed by atoms with van der Waals surface area (Å²) in [6.45, 7) is 0. The first kappa shape index (κ1) is 15.1. The summed E-state index contributed by atoms with van der Waals surface area (Å²) in [5.41, 5.74) is 5.09. The minimum Gasteiger partial charge on any atom is -0.497 e. The molecule has 0 radical (unpaired) electrons. The number of rotatable bonds is 3. The van der Waals surface area contributed by atoms with Gasteiger partial charge in [-0.2, -0.15) is 5.27 Å². The van der Waals surface area contributed by atoms with Crippen LogP contribution in [-0.2, 0) is 0 Å². The summed E-state index contributed by atoms with van der Waals surface area (Å²) < 4.78 is 12.1. The first-order valence-electron chi connectivity index (χ1n) is 7.80. The molecule has 7 nitrogen and oxygen atoms in total. The lowest BCUT2D eigenvalue weighted by molar-refractivity contribution is 0.409. The van der Waals surface area contributed by atoms with E-state index in [2.05, 4.69) is 26.6 Å². The van der Waals surface area contributed by atoms with Gasteiger partial charge < -0.3 is 14.6 Å². The first-order valence-corrected chi connectivity index (χ1v) is 7.80. The van der Waals surface area contributed by atoms with Gasteiger partial charge in [-0.25, -0.2) is 9.67 Å². The molecule has 0 amide bonds. The minimum atomic E-state index is 0.771. The Labute approximate surface area is 143 Å². The normalized spacial score (nSPS) is 10.8. The Morgan fingerprint density at radius 1 is 1.08 bits per heavy atom. The van der Waals surface area contributed by atoms with Crippen molar-refractivity contribution in [3.8, 4) is 22.7 Å². The van der Waals surface area contributed by atoms with Gasteiger partial charge in [-0.05, 0) is 42.5 Å². The van der Waals surface area contributed by atoms with Gasteiger partial charge in [0, 0.05) is 25.0 Å². The van der Waals surface area contributed by atoms with Crippen LogP contribution in [-0.4, -0.2) is 34.1 Å². The number of hydrogen-bond acceptors (Lipinski definition) is 5. The van der Waals surface area contributed by atoms with Crippen LogP contribution in [0.3, 0.4) is 0 Å². The summed E-state index contributed by atoms with van der Waals surface area (Å²) in [4.78, 5) is 8.52. The predicted octanol–water partition coefficient (Wildman–Crippen LogP) is 3.62. The molecule has 0 aliphatic carbocycles. The topological polar surface area (TPSA) is 80.9 Å². The number of nitrogens with zero attached hydrogens (tertiary/aromatic N) is 3. The molecule has 4 heterocycles. The SMILES string of the molecule is CNc1nccnc1-c1ccc(OC)cc1.c1cc2cc3c1o[nH]n2-3. The van der Waals surface area contributed by atoms with Crippen molar-refractivity contribution in [1.29, 1.82) is 0 Å². The van der Waals surface area contributed by atoms with Crippen molar-refractivity contribution >= 4 is 16.9 Å². The van der Waals surface area contributed by atoms with E-state index < -0.39 is 0 Å². The maximum Gasteiger partial charge on any atom is 0.182 e. The number of H-pyrrole nitrogens is 1. The fourth-order valence-electron chi connectivity index (χ4n) is 2.66. The molecule has 3 aliphatic rings. The Kier molecular flexibility index (Phi) is 3.74. The van der Waals surface area contributed by atoms with Crippen LogP contribution in [0, 0.1) is 0 Å². The fraction of sp³-hybridized carbons (Fsp3) is 0.111. The van der Waals surface area contributed by atoms with Crippen molar-refractivity contribution < 1.29 is 9.26 Å². The number of methoxy groups -OCH3 is 1. The molecule has 126 valence electrons. The number of aromatic nitrogens is 4. The summed E-state index contributed by atoms with van der Waals surface area (Å²) in [6.07, 6.45) is 3.35. The van der Waals surface area contributed by atoms with E-state index in [1.807, 2.05) is 48.1 Å². The molecule has 3 aromatic rings. The molecule has 0 saturated heterocycles.